The predicted molar refractivity (Wildman–Crippen MR) is 66.8 cm³/mol. The van der Waals surface area contributed by atoms with Crippen LogP contribution in [-0.4, -0.2) is 10.2 Å². The molecule has 0 amide bonds. The van der Waals surface area contributed by atoms with E-state index in [2.05, 4.69) is 4.98 Å². The Hall–Kier alpha value is -0.120. The van der Waals surface area contributed by atoms with Crippen molar-refractivity contribution in [1.82, 2.24) is 4.98 Å². The number of aromatic nitrogens is 1. The van der Waals surface area contributed by atoms with Gasteiger partial charge in [-0.3, -0.25) is 0 Å². The van der Waals surface area contributed by atoms with Gasteiger partial charge in [-0.2, -0.15) is 0 Å². The molecule has 1 saturated carbocycles. The monoisotopic (exact) mass is 262 g/mol. The third-order valence-electron chi connectivity index (χ3n) is 2.50. The van der Waals surface area contributed by atoms with E-state index >= 15 is 0 Å². The molecule has 0 radical (unpaired) electrons. The van der Waals surface area contributed by atoms with E-state index < -0.39 is 0 Å². The van der Waals surface area contributed by atoms with Gasteiger partial charge in [0.2, 0.25) is 0 Å². The highest BCUT2D eigenvalue weighted by Crippen LogP contribution is 2.38. The Bertz CT molecular complexity index is 365. The van der Waals surface area contributed by atoms with Crippen molar-refractivity contribution in [3.05, 3.63) is 16.1 Å². The van der Waals surface area contributed by atoms with E-state index in [1.807, 2.05) is 0 Å². The first kappa shape index (κ1) is 11.4. The Kier molecular flexibility index (Phi) is 3.65. The quantitative estimate of drug-likeness (QED) is 0.876. The number of nitrogens with two attached hydrogens (primary N) is 1. The minimum Gasteiger partial charge on any atom is -0.382 e. The molecule has 0 aromatic carbocycles. The molecule has 0 atom stereocenters. The average molecular weight is 263 g/mol. The van der Waals surface area contributed by atoms with E-state index in [0.717, 1.165) is 5.03 Å². The second-order valence-corrected chi connectivity index (χ2v) is 5.77. The van der Waals surface area contributed by atoms with Gasteiger partial charge in [0.25, 0.3) is 0 Å². The molecule has 2 N–H and O–H groups in total. The van der Waals surface area contributed by atoms with Gasteiger partial charge in [0.05, 0.1) is 10.0 Å². The molecule has 0 aliphatic heterocycles. The number of nitrogens with zero attached hydrogens (tertiary/aromatic N) is 1. The zero-order chi connectivity index (χ0) is 10.8. The van der Waals surface area contributed by atoms with Crippen molar-refractivity contribution < 1.29 is 0 Å². The Morgan fingerprint density at radius 3 is 2.60 bits per heavy atom. The molecule has 2 nitrogen and oxygen atoms in total. The van der Waals surface area contributed by atoms with Gasteiger partial charge in [0, 0.05) is 5.25 Å². The number of rotatable bonds is 2. The molecule has 1 aromatic rings. The fraction of sp³-hybridized carbons (Fsp3) is 0.500. The highest BCUT2D eigenvalue weighted by molar-refractivity contribution is 8.00. The lowest BCUT2D eigenvalue weighted by molar-refractivity contribution is 0.886. The van der Waals surface area contributed by atoms with Crippen LogP contribution in [0.25, 0.3) is 0 Å². The molecule has 1 aliphatic carbocycles. The fourth-order valence-electron chi connectivity index (χ4n) is 1.71. The summed E-state index contributed by atoms with van der Waals surface area (Å²) >= 11 is 13.6. The smallest absolute Gasteiger partial charge is 0.143 e. The van der Waals surface area contributed by atoms with E-state index in [4.69, 9.17) is 28.9 Å². The van der Waals surface area contributed by atoms with Gasteiger partial charge >= 0.3 is 0 Å². The number of pyridine rings is 1. The number of hydrogen-bond acceptors (Lipinski definition) is 3. The summed E-state index contributed by atoms with van der Waals surface area (Å²) in [7, 11) is 0. The first-order chi connectivity index (χ1) is 7.16. The second kappa shape index (κ2) is 4.81. The molecule has 0 saturated heterocycles. The maximum atomic E-state index is 6.06. The number of anilines is 1. The minimum absolute atomic E-state index is 0.363. The van der Waals surface area contributed by atoms with Crippen LogP contribution in [0, 0.1) is 0 Å². The Morgan fingerprint density at radius 2 is 1.93 bits per heavy atom. The summed E-state index contributed by atoms with van der Waals surface area (Å²) in [5.41, 5.74) is 5.65. The topological polar surface area (TPSA) is 38.9 Å². The number of halogens is 2. The molecule has 15 heavy (non-hydrogen) atoms. The van der Waals surface area contributed by atoms with Gasteiger partial charge in [-0.05, 0) is 18.9 Å². The molecule has 82 valence electrons. The summed E-state index contributed by atoms with van der Waals surface area (Å²) in [6.07, 6.45) is 5.09. The predicted octanol–water partition coefficient (Wildman–Crippen LogP) is 4.01. The number of nitrogen functional groups attached to an aromatic ring is 1. The van der Waals surface area contributed by atoms with Crippen LogP contribution in [0.2, 0.25) is 10.0 Å². The van der Waals surface area contributed by atoms with Crippen LogP contribution < -0.4 is 5.73 Å². The molecular formula is C10H12Cl2N2S. The van der Waals surface area contributed by atoms with Crippen LogP contribution >= 0.6 is 35.0 Å². The average Bonchev–Trinajstić information content (AvgIpc) is 2.67. The van der Waals surface area contributed by atoms with Crippen LogP contribution in [-0.2, 0) is 0 Å². The highest BCUT2D eigenvalue weighted by atomic mass is 35.5. The first-order valence-electron chi connectivity index (χ1n) is 4.95. The van der Waals surface area contributed by atoms with Crippen molar-refractivity contribution in [2.75, 3.05) is 5.73 Å². The summed E-state index contributed by atoms with van der Waals surface area (Å²) in [5, 5.41) is 2.47. The van der Waals surface area contributed by atoms with Gasteiger partial charge < -0.3 is 5.73 Å². The van der Waals surface area contributed by atoms with Crippen LogP contribution in [0.3, 0.4) is 0 Å². The van der Waals surface area contributed by atoms with Gasteiger partial charge in [0.1, 0.15) is 10.8 Å². The van der Waals surface area contributed by atoms with Crippen LogP contribution in [0.4, 0.5) is 5.82 Å². The van der Waals surface area contributed by atoms with Gasteiger partial charge in [-0.15, -0.1) is 11.8 Å². The lowest BCUT2D eigenvalue weighted by atomic mass is 10.4. The zero-order valence-electron chi connectivity index (χ0n) is 8.17. The molecule has 1 fully saturated rings. The van der Waals surface area contributed by atoms with Gasteiger partial charge in [-0.1, -0.05) is 36.0 Å². The molecule has 0 unspecified atom stereocenters. The maximum absolute atomic E-state index is 6.06. The van der Waals surface area contributed by atoms with E-state index in [1.54, 1.807) is 17.8 Å². The minimum atomic E-state index is 0.363. The normalized spacial score (nSPS) is 17.2. The Balaban J connectivity index is 2.16. The number of hydrogen-bond donors (Lipinski definition) is 1. The third kappa shape index (κ3) is 2.71. The fourth-order valence-corrected chi connectivity index (χ4v) is 3.41. The van der Waals surface area contributed by atoms with E-state index in [1.165, 1.54) is 25.7 Å². The molecular weight excluding hydrogens is 251 g/mol. The SMILES string of the molecule is Nc1nc(SC2CCCC2)c(Cl)cc1Cl. The van der Waals surface area contributed by atoms with Crippen LogP contribution in [0.1, 0.15) is 25.7 Å². The van der Waals surface area contributed by atoms with Crippen molar-refractivity contribution in [1.29, 1.82) is 0 Å². The molecule has 2 rings (SSSR count). The molecule has 0 bridgehead atoms. The maximum Gasteiger partial charge on any atom is 0.143 e. The first-order valence-corrected chi connectivity index (χ1v) is 6.58. The Morgan fingerprint density at radius 1 is 1.27 bits per heavy atom. The highest BCUT2D eigenvalue weighted by Gasteiger charge is 2.19. The summed E-state index contributed by atoms with van der Waals surface area (Å²) in [4.78, 5) is 4.21. The second-order valence-electron chi connectivity index (χ2n) is 3.67. The van der Waals surface area contributed by atoms with Crippen molar-refractivity contribution in [2.24, 2.45) is 0 Å². The zero-order valence-corrected chi connectivity index (χ0v) is 10.5. The molecule has 1 heterocycles. The third-order valence-corrected chi connectivity index (χ3v) is 4.55. The summed E-state index contributed by atoms with van der Waals surface area (Å²) < 4.78 is 0. The summed E-state index contributed by atoms with van der Waals surface area (Å²) in [6.45, 7) is 0. The van der Waals surface area contributed by atoms with E-state index in [0.29, 0.717) is 21.1 Å². The molecule has 5 heteroatoms. The Labute approximate surface area is 104 Å². The van der Waals surface area contributed by atoms with Crippen molar-refractivity contribution in [3.63, 3.8) is 0 Å². The van der Waals surface area contributed by atoms with Crippen molar-refractivity contribution >= 4 is 40.8 Å². The summed E-state index contributed by atoms with van der Waals surface area (Å²) in [6, 6.07) is 1.67. The van der Waals surface area contributed by atoms with Gasteiger partial charge in [-0.25, -0.2) is 4.98 Å². The van der Waals surface area contributed by atoms with Crippen molar-refractivity contribution in [2.45, 2.75) is 36.0 Å². The lowest BCUT2D eigenvalue weighted by Crippen LogP contribution is -1.98. The van der Waals surface area contributed by atoms with Crippen molar-refractivity contribution in [3.8, 4) is 0 Å². The van der Waals surface area contributed by atoms with E-state index in [-0.39, 0.29) is 0 Å². The molecule has 1 aliphatic rings. The largest absolute Gasteiger partial charge is 0.382 e. The number of thioether (sulfide) groups is 1. The standard InChI is InChI=1S/C10H12Cl2N2S/c11-7-5-8(12)10(14-9(7)13)15-6-3-1-2-4-6/h5-6H,1-4H2,(H2,13,14). The van der Waals surface area contributed by atoms with Crippen LogP contribution in [0.5, 0.6) is 0 Å². The van der Waals surface area contributed by atoms with Crippen LogP contribution in [0.15, 0.2) is 11.1 Å². The molecule has 0 spiro atoms. The van der Waals surface area contributed by atoms with E-state index in [9.17, 15) is 0 Å². The molecule has 1 aromatic heterocycles. The lowest BCUT2D eigenvalue weighted by Gasteiger charge is -2.10. The summed E-state index contributed by atoms with van der Waals surface area (Å²) in [5.74, 6) is 0.363. The van der Waals surface area contributed by atoms with Gasteiger partial charge in [0.15, 0.2) is 0 Å².